The molecule has 5 nitrogen and oxygen atoms in total. The zero-order valence-electron chi connectivity index (χ0n) is 17.6. The number of anilines is 1. The molecule has 1 aliphatic rings. The van der Waals surface area contributed by atoms with Crippen LogP contribution in [0.1, 0.15) is 50.4 Å². The first-order valence-electron chi connectivity index (χ1n) is 9.73. The molecular formula is C23H24F3N3O2. The van der Waals surface area contributed by atoms with Crippen molar-refractivity contribution in [1.29, 1.82) is 0 Å². The van der Waals surface area contributed by atoms with Gasteiger partial charge in [-0.25, -0.2) is 4.79 Å². The third-order valence-corrected chi connectivity index (χ3v) is 5.07. The van der Waals surface area contributed by atoms with Crippen LogP contribution in [0.25, 0.3) is 0 Å². The molecule has 164 valence electrons. The second-order valence-corrected chi connectivity index (χ2v) is 8.47. The summed E-state index contributed by atoms with van der Waals surface area (Å²) in [7, 11) is 0. The molecule has 0 aromatic heterocycles. The molecule has 8 heteroatoms. The van der Waals surface area contributed by atoms with Gasteiger partial charge in [0.05, 0.1) is 17.2 Å². The van der Waals surface area contributed by atoms with Crippen LogP contribution in [0.15, 0.2) is 59.8 Å². The molecule has 3 amide bonds. The number of nitrogens with one attached hydrogen (secondary N) is 3. The molecular weight excluding hydrogens is 407 g/mol. The fourth-order valence-corrected chi connectivity index (χ4v) is 3.39. The maximum Gasteiger partial charge on any atom is 0.416 e. The van der Waals surface area contributed by atoms with E-state index in [4.69, 9.17) is 0 Å². The second kappa shape index (κ2) is 8.09. The lowest BCUT2D eigenvalue weighted by Crippen LogP contribution is -2.46. The van der Waals surface area contributed by atoms with Crippen molar-refractivity contribution in [2.45, 2.75) is 45.3 Å². The maximum atomic E-state index is 13.0. The van der Waals surface area contributed by atoms with Crippen LogP contribution < -0.4 is 16.0 Å². The first kappa shape index (κ1) is 22.4. The van der Waals surface area contributed by atoms with E-state index in [1.54, 1.807) is 6.92 Å². The minimum Gasteiger partial charge on any atom is -0.327 e. The maximum absolute atomic E-state index is 13.0. The Kier molecular flexibility index (Phi) is 5.85. The van der Waals surface area contributed by atoms with Crippen molar-refractivity contribution < 1.29 is 22.8 Å². The monoisotopic (exact) mass is 431 g/mol. The molecule has 2 aromatic carbocycles. The molecule has 0 fully saturated rings. The van der Waals surface area contributed by atoms with Gasteiger partial charge in [-0.1, -0.05) is 51.1 Å². The van der Waals surface area contributed by atoms with E-state index in [0.29, 0.717) is 11.3 Å². The molecule has 0 unspecified atom stereocenters. The fraction of sp³-hybridized carbons (Fsp3) is 0.304. The number of allylic oxidation sites excluding steroid dienone is 1. The highest BCUT2D eigenvalue weighted by molar-refractivity contribution is 6.06. The summed E-state index contributed by atoms with van der Waals surface area (Å²) in [5.41, 5.74) is 1.42. The van der Waals surface area contributed by atoms with Crippen LogP contribution in [0.5, 0.6) is 0 Å². The summed E-state index contributed by atoms with van der Waals surface area (Å²) >= 11 is 0. The van der Waals surface area contributed by atoms with Crippen molar-refractivity contribution in [2.24, 2.45) is 0 Å². The van der Waals surface area contributed by atoms with Gasteiger partial charge in [-0.3, -0.25) is 4.79 Å². The van der Waals surface area contributed by atoms with Crippen LogP contribution in [-0.2, 0) is 16.4 Å². The van der Waals surface area contributed by atoms with Crippen molar-refractivity contribution in [2.75, 3.05) is 5.32 Å². The summed E-state index contributed by atoms with van der Waals surface area (Å²) in [5.74, 6) is -0.603. The molecule has 1 atom stereocenters. The molecule has 0 spiro atoms. The summed E-state index contributed by atoms with van der Waals surface area (Å²) in [6.07, 6.45) is -4.52. The van der Waals surface area contributed by atoms with E-state index in [1.807, 2.05) is 24.3 Å². The first-order valence-corrected chi connectivity index (χ1v) is 9.73. The zero-order chi connectivity index (χ0) is 23.0. The van der Waals surface area contributed by atoms with Crippen molar-refractivity contribution in [1.82, 2.24) is 10.6 Å². The Hall–Kier alpha value is -3.29. The number of benzene rings is 2. The lowest BCUT2D eigenvalue weighted by Gasteiger charge is -2.29. The quantitative estimate of drug-likeness (QED) is 0.620. The van der Waals surface area contributed by atoms with Crippen molar-refractivity contribution in [3.05, 3.63) is 76.5 Å². The van der Waals surface area contributed by atoms with Crippen LogP contribution in [0.2, 0.25) is 0 Å². The molecule has 0 saturated carbocycles. The Labute approximate surface area is 178 Å². The van der Waals surface area contributed by atoms with Crippen molar-refractivity contribution in [3.63, 3.8) is 0 Å². The molecule has 3 N–H and O–H groups in total. The molecule has 0 aliphatic carbocycles. The molecule has 3 rings (SSSR count). The average molecular weight is 431 g/mol. The van der Waals surface area contributed by atoms with Crippen molar-refractivity contribution in [3.8, 4) is 0 Å². The number of carbonyl (C=O) groups is 2. The van der Waals surface area contributed by atoms with Crippen LogP contribution in [0, 0.1) is 0 Å². The zero-order valence-corrected chi connectivity index (χ0v) is 17.6. The fourth-order valence-electron chi connectivity index (χ4n) is 3.39. The number of rotatable bonds is 3. The summed E-state index contributed by atoms with van der Waals surface area (Å²) in [5, 5.41) is 7.80. The van der Waals surface area contributed by atoms with Gasteiger partial charge < -0.3 is 16.0 Å². The van der Waals surface area contributed by atoms with E-state index in [-0.39, 0.29) is 16.7 Å². The number of hydrogen-bond acceptors (Lipinski definition) is 2. The van der Waals surface area contributed by atoms with Gasteiger partial charge in [0.1, 0.15) is 0 Å². The SMILES string of the molecule is CC1=C(C(=O)Nc2cccc(C(F)(F)F)c2)[C@@H](c2ccc(C(C)(C)C)cc2)NC(=O)N1. The first-order chi connectivity index (χ1) is 14.4. The average Bonchev–Trinajstić information content (AvgIpc) is 2.66. The van der Waals surface area contributed by atoms with Gasteiger partial charge in [0.15, 0.2) is 0 Å². The molecule has 1 heterocycles. The van der Waals surface area contributed by atoms with Crippen LogP contribution >= 0.6 is 0 Å². The van der Waals surface area contributed by atoms with E-state index < -0.39 is 29.7 Å². The minimum atomic E-state index is -4.52. The van der Waals surface area contributed by atoms with Gasteiger partial charge in [0.2, 0.25) is 0 Å². The number of urea groups is 1. The van der Waals surface area contributed by atoms with Gasteiger partial charge in [-0.15, -0.1) is 0 Å². The Morgan fingerprint density at radius 1 is 1.00 bits per heavy atom. The van der Waals surface area contributed by atoms with E-state index >= 15 is 0 Å². The topological polar surface area (TPSA) is 70.2 Å². The van der Waals surface area contributed by atoms with E-state index in [0.717, 1.165) is 17.7 Å². The smallest absolute Gasteiger partial charge is 0.327 e. The Morgan fingerprint density at radius 2 is 1.65 bits per heavy atom. The summed E-state index contributed by atoms with van der Waals surface area (Å²) in [4.78, 5) is 25.1. The van der Waals surface area contributed by atoms with Gasteiger partial charge in [0, 0.05) is 11.4 Å². The number of halogens is 3. The number of amides is 3. The lowest BCUT2D eigenvalue weighted by atomic mass is 9.85. The Bertz CT molecular complexity index is 1040. The largest absolute Gasteiger partial charge is 0.416 e. The lowest BCUT2D eigenvalue weighted by molar-refractivity contribution is -0.137. The normalized spacial score (nSPS) is 17.1. The predicted octanol–water partition coefficient (Wildman–Crippen LogP) is 5.27. The standard InChI is InChI=1S/C23H24F3N3O2/c1-13-18(20(30)28-17-7-5-6-16(12-17)23(24,25)26)19(29-21(31)27-13)14-8-10-15(11-9-14)22(2,3)4/h5-12,19H,1-4H3,(H,28,30)(H2,27,29,31)/t19-/m1/s1. The minimum absolute atomic E-state index is 0.0128. The van der Waals surface area contributed by atoms with Gasteiger partial charge in [0.25, 0.3) is 5.91 Å². The Balaban J connectivity index is 1.92. The number of carbonyl (C=O) groups excluding carboxylic acids is 2. The van der Waals surface area contributed by atoms with E-state index in [2.05, 4.69) is 36.7 Å². The van der Waals surface area contributed by atoms with Crippen molar-refractivity contribution >= 4 is 17.6 Å². The molecule has 31 heavy (non-hydrogen) atoms. The van der Waals surface area contributed by atoms with Crippen LogP contribution in [0.3, 0.4) is 0 Å². The molecule has 0 saturated heterocycles. The highest BCUT2D eigenvalue weighted by atomic mass is 19.4. The van der Waals surface area contributed by atoms with E-state index in [9.17, 15) is 22.8 Å². The molecule has 1 aliphatic heterocycles. The Morgan fingerprint density at radius 3 is 2.23 bits per heavy atom. The van der Waals surface area contributed by atoms with Gasteiger partial charge >= 0.3 is 12.2 Å². The summed E-state index contributed by atoms with van der Waals surface area (Å²) < 4.78 is 39.0. The van der Waals surface area contributed by atoms with Gasteiger partial charge in [-0.05, 0) is 41.7 Å². The molecule has 0 bridgehead atoms. The highest BCUT2D eigenvalue weighted by Crippen LogP contribution is 2.32. The summed E-state index contributed by atoms with van der Waals surface area (Å²) in [6, 6.07) is 10.7. The second-order valence-electron chi connectivity index (χ2n) is 8.47. The van der Waals surface area contributed by atoms with E-state index in [1.165, 1.54) is 12.1 Å². The number of hydrogen-bond donors (Lipinski definition) is 3. The number of alkyl halides is 3. The van der Waals surface area contributed by atoms with Crippen LogP contribution in [0.4, 0.5) is 23.7 Å². The third-order valence-electron chi connectivity index (χ3n) is 5.07. The summed E-state index contributed by atoms with van der Waals surface area (Å²) in [6.45, 7) is 7.81. The third kappa shape index (κ3) is 5.07. The van der Waals surface area contributed by atoms with Crippen LogP contribution in [-0.4, -0.2) is 11.9 Å². The molecule has 2 aromatic rings. The van der Waals surface area contributed by atoms with Gasteiger partial charge in [-0.2, -0.15) is 13.2 Å². The predicted molar refractivity (Wildman–Crippen MR) is 112 cm³/mol. The molecule has 0 radical (unpaired) electrons. The highest BCUT2D eigenvalue weighted by Gasteiger charge is 2.33.